The zero-order chi connectivity index (χ0) is 21.3. The SMILES string of the molecule is CC(C)C[C@@H](C(=O)NC[C@H]1COc2ccccc2O1)N1C(=O)c2ccccc2C1=O. The number of rotatable bonds is 6. The van der Waals surface area contributed by atoms with Gasteiger partial charge in [0.2, 0.25) is 5.91 Å². The number of imide groups is 1. The van der Waals surface area contributed by atoms with Crippen molar-refractivity contribution < 1.29 is 23.9 Å². The molecule has 2 aromatic carbocycles. The number of para-hydroxylation sites is 2. The molecular weight excluding hydrogens is 384 g/mol. The van der Waals surface area contributed by atoms with Crippen LogP contribution in [0.5, 0.6) is 11.5 Å². The maximum absolute atomic E-state index is 13.0. The molecule has 4 rings (SSSR count). The number of carbonyl (C=O) groups excluding carboxylic acids is 3. The van der Waals surface area contributed by atoms with E-state index in [4.69, 9.17) is 9.47 Å². The Morgan fingerprint density at radius 3 is 2.27 bits per heavy atom. The number of benzene rings is 2. The van der Waals surface area contributed by atoms with Gasteiger partial charge < -0.3 is 14.8 Å². The summed E-state index contributed by atoms with van der Waals surface area (Å²) in [6.07, 6.45) is 0.0213. The number of amides is 3. The van der Waals surface area contributed by atoms with Gasteiger partial charge in [-0.05, 0) is 36.6 Å². The first-order chi connectivity index (χ1) is 14.5. The van der Waals surface area contributed by atoms with Crippen molar-refractivity contribution in [1.29, 1.82) is 0 Å². The molecule has 0 unspecified atom stereocenters. The topological polar surface area (TPSA) is 84.9 Å². The summed E-state index contributed by atoms with van der Waals surface area (Å²) in [7, 11) is 0. The van der Waals surface area contributed by atoms with Crippen molar-refractivity contribution in [2.45, 2.75) is 32.4 Å². The second kappa shape index (κ2) is 8.18. The summed E-state index contributed by atoms with van der Waals surface area (Å²) in [6.45, 7) is 4.42. The Hall–Kier alpha value is -3.35. The average Bonchev–Trinajstić information content (AvgIpc) is 3.00. The van der Waals surface area contributed by atoms with Gasteiger partial charge in [0.25, 0.3) is 11.8 Å². The number of hydrogen-bond donors (Lipinski definition) is 1. The fourth-order valence-electron chi connectivity index (χ4n) is 3.76. The molecule has 2 heterocycles. The molecule has 2 aliphatic rings. The van der Waals surface area contributed by atoms with Gasteiger partial charge in [0.05, 0.1) is 17.7 Å². The minimum atomic E-state index is -0.880. The Bertz CT molecular complexity index is 952. The van der Waals surface area contributed by atoms with E-state index < -0.39 is 17.9 Å². The Labute approximate surface area is 175 Å². The van der Waals surface area contributed by atoms with E-state index in [1.807, 2.05) is 38.1 Å². The zero-order valence-electron chi connectivity index (χ0n) is 17.0. The van der Waals surface area contributed by atoms with Gasteiger partial charge in [0, 0.05) is 0 Å². The lowest BCUT2D eigenvalue weighted by Gasteiger charge is -2.29. The summed E-state index contributed by atoms with van der Waals surface area (Å²) >= 11 is 0. The van der Waals surface area contributed by atoms with Gasteiger partial charge in [-0.2, -0.15) is 0 Å². The minimum Gasteiger partial charge on any atom is -0.486 e. The number of nitrogens with zero attached hydrogens (tertiary/aromatic N) is 1. The molecule has 7 heteroatoms. The first kappa shape index (κ1) is 19.9. The standard InChI is InChI=1S/C23H24N2O5/c1-14(2)11-18(25-22(27)16-7-3-4-8-17(16)23(25)28)21(26)24-12-15-13-29-19-9-5-6-10-20(19)30-15/h3-10,14-15,18H,11-13H2,1-2H3,(H,24,26)/t15-,18-/m0/s1. The van der Waals surface area contributed by atoms with Gasteiger partial charge in [-0.3, -0.25) is 19.3 Å². The third-order valence-corrected chi connectivity index (χ3v) is 5.21. The van der Waals surface area contributed by atoms with Crippen LogP contribution >= 0.6 is 0 Å². The highest BCUT2D eigenvalue weighted by Crippen LogP contribution is 2.31. The third kappa shape index (κ3) is 3.75. The second-order valence-electron chi connectivity index (χ2n) is 7.91. The molecule has 156 valence electrons. The van der Waals surface area contributed by atoms with Gasteiger partial charge in [0.15, 0.2) is 11.5 Å². The van der Waals surface area contributed by atoms with Crippen LogP contribution < -0.4 is 14.8 Å². The van der Waals surface area contributed by atoms with Crippen LogP contribution in [0.4, 0.5) is 0 Å². The lowest BCUT2D eigenvalue weighted by atomic mass is 10.0. The monoisotopic (exact) mass is 408 g/mol. The summed E-state index contributed by atoms with van der Waals surface area (Å²) in [4.78, 5) is 39.8. The molecule has 0 bridgehead atoms. The largest absolute Gasteiger partial charge is 0.486 e. The predicted molar refractivity (Wildman–Crippen MR) is 110 cm³/mol. The highest BCUT2D eigenvalue weighted by molar-refractivity contribution is 6.22. The number of fused-ring (bicyclic) bond motifs is 2. The molecule has 0 aromatic heterocycles. The molecule has 1 N–H and O–H groups in total. The highest BCUT2D eigenvalue weighted by atomic mass is 16.6. The van der Waals surface area contributed by atoms with E-state index >= 15 is 0 Å². The van der Waals surface area contributed by atoms with Crippen molar-refractivity contribution in [3.05, 3.63) is 59.7 Å². The quantitative estimate of drug-likeness (QED) is 0.743. The molecule has 7 nitrogen and oxygen atoms in total. The molecule has 3 amide bonds. The predicted octanol–water partition coefficient (Wildman–Crippen LogP) is 2.65. The Morgan fingerprint density at radius 1 is 1.03 bits per heavy atom. The number of hydrogen-bond acceptors (Lipinski definition) is 5. The van der Waals surface area contributed by atoms with Crippen LogP contribution in [0.2, 0.25) is 0 Å². The molecule has 2 aromatic rings. The van der Waals surface area contributed by atoms with Gasteiger partial charge in [0.1, 0.15) is 18.8 Å². The Morgan fingerprint density at radius 2 is 1.63 bits per heavy atom. The molecule has 0 radical (unpaired) electrons. The lowest BCUT2D eigenvalue weighted by molar-refractivity contribution is -0.126. The smallest absolute Gasteiger partial charge is 0.262 e. The van der Waals surface area contributed by atoms with E-state index in [1.54, 1.807) is 24.3 Å². The maximum Gasteiger partial charge on any atom is 0.262 e. The maximum atomic E-state index is 13.0. The summed E-state index contributed by atoms with van der Waals surface area (Å²) in [5, 5.41) is 2.84. The summed E-state index contributed by atoms with van der Waals surface area (Å²) in [6, 6.07) is 13.1. The number of nitrogens with one attached hydrogen (secondary N) is 1. The van der Waals surface area contributed by atoms with Crippen LogP contribution in [0.1, 0.15) is 41.0 Å². The second-order valence-corrected chi connectivity index (χ2v) is 7.91. The van der Waals surface area contributed by atoms with Crippen LogP contribution in [0.3, 0.4) is 0 Å². The fourth-order valence-corrected chi connectivity index (χ4v) is 3.76. The zero-order valence-corrected chi connectivity index (χ0v) is 17.0. The molecule has 0 spiro atoms. The third-order valence-electron chi connectivity index (χ3n) is 5.21. The minimum absolute atomic E-state index is 0.117. The van der Waals surface area contributed by atoms with Crippen molar-refractivity contribution in [1.82, 2.24) is 10.2 Å². The van der Waals surface area contributed by atoms with E-state index in [-0.39, 0.29) is 24.5 Å². The molecule has 2 atom stereocenters. The molecular formula is C23H24N2O5. The first-order valence-electron chi connectivity index (χ1n) is 10.1. The van der Waals surface area contributed by atoms with Crippen LogP contribution in [0.25, 0.3) is 0 Å². The molecule has 30 heavy (non-hydrogen) atoms. The molecule has 0 fully saturated rings. The van der Waals surface area contributed by atoms with Crippen molar-refractivity contribution in [3.63, 3.8) is 0 Å². The number of carbonyl (C=O) groups is 3. The lowest BCUT2D eigenvalue weighted by Crippen LogP contribution is -2.52. The van der Waals surface area contributed by atoms with E-state index in [9.17, 15) is 14.4 Å². The van der Waals surface area contributed by atoms with E-state index in [2.05, 4.69) is 5.32 Å². The Balaban J connectivity index is 1.46. The van der Waals surface area contributed by atoms with Crippen molar-refractivity contribution in [2.24, 2.45) is 5.92 Å². The van der Waals surface area contributed by atoms with Crippen molar-refractivity contribution in [2.75, 3.05) is 13.2 Å². The van der Waals surface area contributed by atoms with Crippen molar-refractivity contribution in [3.8, 4) is 11.5 Å². The molecule has 0 saturated carbocycles. The van der Waals surface area contributed by atoms with E-state index in [1.165, 1.54) is 0 Å². The first-order valence-corrected chi connectivity index (χ1v) is 10.1. The summed E-state index contributed by atoms with van der Waals surface area (Å²) in [5.41, 5.74) is 0.675. The van der Waals surface area contributed by atoms with Crippen LogP contribution in [0, 0.1) is 5.92 Å². The van der Waals surface area contributed by atoms with Crippen LogP contribution in [-0.4, -0.2) is 47.9 Å². The van der Waals surface area contributed by atoms with Gasteiger partial charge in [-0.1, -0.05) is 38.1 Å². The van der Waals surface area contributed by atoms with Gasteiger partial charge >= 0.3 is 0 Å². The summed E-state index contributed by atoms with van der Waals surface area (Å²) < 4.78 is 11.5. The van der Waals surface area contributed by atoms with Crippen molar-refractivity contribution >= 4 is 17.7 Å². The number of ether oxygens (including phenoxy) is 2. The highest BCUT2D eigenvalue weighted by Gasteiger charge is 2.42. The molecule has 2 aliphatic heterocycles. The van der Waals surface area contributed by atoms with E-state index in [0.29, 0.717) is 35.7 Å². The van der Waals surface area contributed by atoms with Crippen LogP contribution in [0.15, 0.2) is 48.5 Å². The molecule has 0 aliphatic carbocycles. The van der Waals surface area contributed by atoms with Crippen LogP contribution in [-0.2, 0) is 4.79 Å². The van der Waals surface area contributed by atoms with Gasteiger partial charge in [-0.25, -0.2) is 0 Å². The van der Waals surface area contributed by atoms with Gasteiger partial charge in [-0.15, -0.1) is 0 Å². The summed E-state index contributed by atoms with van der Waals surface area (Å²) in [5.74, 6) is 0.183. The Kier molecular flexibility index (Phi) is 5.44. The normalized spacial score (nSPS) is 18.4. The fraction of sp³-hybridized carbons (Fsp3) is 0.348. The molecule has 0 saturated heterocycles. The average molecular weight is 408 g/mol. The van der Waals surface area contributed by atoms with E-state index in [0.717, 1.165) is 4.90 Å².